The van der Waals surface area contributed by atoms with Crippen molar-refractivity contribution in [1.29, 1.82) is 0 Å². The molecule has 0 fully saturated rings. The molecule has 0 aromatic heterocycles. The van der Waals surface area contributed by atoms with Crippen LogP contribution >= 0.6 is 15.9 Å². The van der Waals surface area contributed by atoms with Crippen molar-refractivity contribution in [3.63, 3.8) is 0 Å². The van der Waals surface area contributed by atoms with E-state index in [1.54, 1.807) is 0 Å². The summed E-state index contributed by atoms with van der Waals surface area (Å²) in [7, 11) is 0. The molecule has 0 aliphatic heterocycles. The minimum atomic E-state index is 1.04. The van der Waals surface area contributed by atoms with Crippen molar-refractivity contribution in [2.75, 3.05) is 0 Å². The molecular formula is C15H11Br. The molecule has 0 saturated carbocycles. The molecular weight excluding hydrogens is 260 g/mol. The highest BCUT2D eigenvalue weighted by atomic mass is 79.9. The normalized spacial score (nSPS) is 13.4. The molecule has 0 heterocycles. The van der Waals surface area contributed by atoms with E-state index in [0.717, 1.165) is 6.42 Å². The number of halogens is 1. The maximum Gasteiger partial charge on any atom is 0.0250 e. The Hall–Kier alpha value is -1.34. The molecule has 0 saturated heterocycles. The zero-order valence-electron chi connectivity index (χ0n) is 8.78. The van der Waals surface area contributed by atoms with Gasteiger partial charge in [-0.25, -0.2) is 0 Å². The van der Waals surface area contributed by atoms with E-state index in [9.17, 15) is 0 Å². The Bertz CT molecular complexity index is 567. The monoisotopic (exact) mass is 270 g/mol. The lowest BCUT2D eigenvalue weighted by Crippen LogP contribution is -1.86. The Morgan fingerprint density at radius 1 is 0.875 bits per heavy atom. The molecule has 1 heteroatoms. The summed E-state index contributed by atoms with van der Waals surface area (Å²) in [4.78, 5) is 0. The minimum absolute atomic E-state index is 1.04. The molecule has 3 rings (SSSR count). The maximum atomic E-state index is 3.61. The lowest BCUT2D eigenvalue weighted by Gasteiger charge is -2.04. The summed E-state index contributed by atoms with van der Waals surface area (Å²) in [6.07, 6.45) is 3.33. The summed E-state index contributed by atoms with van der Waals surface area (Å²) in [5, 5.41) is 0. The van der Waals surface area contributed by atoms with E-state index in [2.05, 4.69) is 70.5 Å². The Kier molecular flexibility index (Phi) is 2.41. The van der Waals surface area contributed by atoms with Gasteiger partial charge in [0.05, 0.1) is 0 Å². The average Bonchev–Trinajstić information content (AvgIpc) is 2.73. The standard InChI is InChI=1S/C15H11Br/c16-15-8-4-3-7-14(15)13-9-11-5-1-2-6-12(11)10-13/h1-9H,10H2. The predicted octanol–water partition coefficient (Wildman–Crippen LogP) is 4.55. The van der Waals surface area contributed by atoms with Crippen molar-refractivity contribution < 1.29 is 0 Å². The number of benzene rings is 2. The zero-order chi connectivity index (χ0) is 11.0. The highest BCUT2D eigenvalue weighted by Crippen LogP contribution is 2.34. The molecule has 1 aliphatic carbocycles. The molecule has 0 N–H and O–H groups in total. The van der Waals surface area contributed by atoms with Crippen LogP contribution in [-0.4, -0.2) is 0 Å². The molecule has 2 aromatic carbocycles. The van der Waals surface area contributed by atoms with E-state index in [4.69, 9.17) is 0 Å². The van der Waals surface area contributed by atoms with E-state index in [1.807, 2.05) is 0 Å². The fraction of sp³-hybridized carbons (Fsp3) is 0.0667. The summed E-state index contributed by atoms with van der Waals surface area (Å²) in [5.41, 5.74) is 5.48. The molecule has 78 valence electrons. The van der Waals surface area contributed by atoms with Crippen LogP contribution in [0.3, 0.4) is 0 Å². The van der Waals surface area contributed by atoms with Crippen LogP contribution in [0.2, 0.25) is 0 Å². The smallest absolute Gasteiger partial charge is 0.0250 e. The van der Waals surface area contributed by atoms with Gasteiger partial charge >= 0.3 is 0 Å². The molecule has 16 heavy (non-hydrogen) atoms. The van der Waals surface area contributed by atoms with Gasteiger partial charge in [-0.1, -0.05) is 64.5 Å². The Morgan fingerprint density at radius 3 is 2.44 bits per heavy atom. The first-order valence-electron chi connectivity index (χ1n) is 5.38. The van der Waals surface area contributed by atoms with Crippen LogP contribution < -0.4 is 0 Å². The minimum Gasteiger partial charge on any atom is -0.0619 e. The third kappa shape index (κ3) is 1.61. The first-order chi connectivity index (χ1) is 7.84. The first-order valence-corrected chi connectivity index (χ1v) is 6.17. The van der Waals surface area contributed by atoms with Crippen LogP contribution in [-0.2, 0) is 6.42 Å². The van der Waals surface area contributed by atoms with Gasteiger partial charge < -0.3 is 0 Å². The summed E-state index contributed by atoms with van der Waals surface area (Å²) in [6, 6.07) is 17.0. The van der Waals surface area contributed by atoms with Crippen LogP contribution in [0.15, 0.2) is 53.0 Å². The summed E-state index contributed by atoms with van der Waals surface area (Å²) in [5.74, 6) is 0. The van der Waals surface area contributed by atoms with Crippen molar-refractivity contribution in [2.45, 2.75) is 6.42 Å². The Balaban J connectivity index is 2.05. The molecule has 0 nitrogen and oxygen atoms in total. The molecule has 2 aromatic rings. The van der Waals surface area contributed by atoms with E-state index in [-0.39, 0.29) is 0 Å². The molecule has 0 radical (unpaired) electrons. The van der Waals surface area contributed by atoms with E-state index >= 15 is 0 Å². The zero-order valence-corrected chi connectivity index (χ0v) is 10.4. The van der Waals surface area contributed by atoms with Crippen molar-refractivity contribution in [1.82, 2.24) is 0 Å². The van der Waals surface area contributed by atoms with Crippen molar-refractivity contribution in [3.8, 4) is 0 Å². The van der Waals surface area contributed by atoms with Crippen LogP contribution in [0, 0.1) is 0 Å². The van der Waals surface area contributed by atoms with Crippen LogP contribution in [0.25, 0.3) is 11.6 Å². The predicted molar refractivity (Wildman–Crippen MR) is 72.2 cm³/mol. The molecule has 0 spiro atoms. The van der Waals surface area contributed by atoms with E-state index in [0.29, 0.717) is 0 Å². The second-order valence-corrected chi connectivity index (χ2v) is 4.88. The molecule has 0 unspecified atom stereocenters. The molecule has 0 bridgehead atoms. The van der Waals surface area contributed by atoms with Gasteiger partial charge in [0.15, 0.2) is 0 Å². The largest absolute Gasteiger partial charge is 0.0619 e. The van der Waals surface area contributed by atoms with Crippen LogP contribution in [0.5, 0.6) is 0 Å². The van der Waals surface area contributed by atoms with Crippen LogP contribution in [0.1, 0.15) is 16.7 Å². The van der Waals surface area contributed by atoms with Crippen molar-refractivity contribution in [2.24, 2.45) is 0 Å². The lowest BCUT2D eigenvalue weighted by molar-refractivity contribution is 1.31. The third-order valence-electron chi connectivity index (χ3n) is 2.99. The van der Waals surface area contributed by atoms with Crippen molar-refractivity contribution >= 4 is 27.6 Å². The number of hydrogen-bond acceptors (Lipinski definition) is 0. The summed E-state index contributed by atoms with van der Waals surface area (Å²) < 4.78 is 1.18. The highest BCUT2D eigenvalue weighted by Gasteiger charge is 2.14. The van der Waals surface area contributed by atoms with Crippen LogP contribution in [0.4, 0.5) is 0 Å². The fourth-order valence-corrected chi connectivity index (χ4v) is 2.71. The first kappa shape index (κ1) is 9.86. The number of hydrogen-bond donors (Lipinski definition) is 0. The van der Waals surface area contributed by atoms with Gasteiger partial charge in [0, 0.05) is 4.47 Å². The fourth-order valence-electron chi connectivity index (χ4n) is 2.17. The number of rotatable bonds is 1. The Labute approximate surface area is 104 Å². The SMILES string of the molecule is Brc1ccccc1C1=Cc2ccccc2C1. The average molecular weight is 271 g/mol. The Morgan fingerprint density at radius 2 is 1.62 bits per heavy atom. The second kappa shape index (κ2) is 3.91. The van der Waals surface area contributed by atoms with Gasteiger partial charge in [0.1, 0.15) is 0 Å². The molecule has 0 atom stereocenters. The lowest BCUT2D eigenvalue weighted by atomic mass is 10.0. The van der Waals surface area contributed by atoms with Gasteiger partial charge in [-0.15, -0.1) is 0 Å². The van der Waals surface area contributed by atoms with Crippen molar-refractivity contribution in [3.05, 3.63) is 69.7 Å². The second-order valence-electron chi connectivity index (χ2n) is 4.03. The van der Waals surface area contributed by atoms with Gasteiger partial charge in [-0.3, -0.25) is 0 Å². The maximum absolute atomic E-state index is 3.61. The van der Waals surface area contributed by atoms with Gasteiger partial charge in [0.25, 0.3) is 0 Å². The van der Waals surface area contributed by atoms with Gasteiger partial charge in [-0.2, -0.15) is 0 Å². The van der Waals surface area contributed by atoms with Gasteiger partial charge in [0.2, 0.25) is 0 Å². The summed E-state index contributed by atoms with van der Waals surface area (Å²) in [6.45, 7) is 0. The molecule has 0 amide bonds. The summed E-state index contributed by atoms with van der Waals surface area (Å²) >= 11 is 3.61. The van der Waals surface area contributed by atoms with Gasteiger partial charge in [-0.05, 0) is 34.8 Å². The molecule has 1 aliphatic rings. The highest BCUT2D eigenvalue weighted by molar-refractivity contribution is 9.10. The quantitative estimate of drug-likeness (QED) is 0.714. The third-order valence-corrected chi connectivity index (χ3v) is 3.68. The number of allylic oxidation sites excluding steroid dienone is 1. The topological polar surface area (TPSA) is 0 Å². The van der Waals surface area contributed by atoms with E-state index in [1.165, 1.54) is 26.7 Å². The van der Waals surface area contributed by atoms with E-state index < -0.39 is 0 Å². The number of fused-ring (bicyclic) bond motifs is 1.